The van der Waals surface area contributed by atoms with Gasteiger partial charge in [0, 0.05) is 20.4 Å². The highest BCUT2D eigenvalue weighted by Crippen LogP contribution is 2.25. The predicted molar refractivity (Wildman–Crippen MR) is 104 cm³/mol. The number of aromatic nitrogens is 4. The maximum atomic E-state index is 12.6. The van der Waals surface area contributed by atoms with Crippen molar-refractivity contribution < 1.29 is 14.9 Å². The van der Waals surface area contributed by atoms with E-state index in [-0.39, 0.29) is 13.3 Å². The zero-order valence-corrected chi connectivity index (χ0v) is 15.1. The first-order valence-electron chi connectivity index (χ1n) is 8.41. The standard InChI is InChI=1S/C18H19F2N7O.H2/c1-28-17-14(10-27(26-17)11-15(19)20)24-18-23-9-13(7-21)16(25-18)22-8-12-5-3-2-4-6-12;/h2-7,9-10,15,21H,8,11H2,1H3,(H2,22,23,24,25);1H. The Morgan fingerprint density at radius 2 is 2.11 bits per heavy atom. The molecule has 0 unspecified atom stereocenters. The molecule has 10 heteroatoms. The van der Waals surface area contributed by atoms with E-state index in [9.17, 15) is 8.78 Å². The summed E-state index contributed by atoms with van der Waals surface area (Å²) in [6.07, 6.45) is 1.51. The topological polar surface area (TPSA) is 101 Å². The molecule has 0 saturated heterocycles. The van der Waals surface area contributed by atoms with Gasteiger partial charge < -0.3 is 20.8 Å². The molecule has 0 saturated carbocycles. The number of halogens is 2. The molecule has 3 aromatic rings. The van der Waals surface area contributed by atoms with Crippen LogP contribution in [-0.4, -0.2) is 39.5 Å². The van der Waals surface area contributed by atoms with E-state index in [2.05, 4.69) is 25.7 Å². The van der Waals surface area contributed by atoms with Gasteiger partial charge in [-0.05, 0) is 5.56 Å². The van der Waals surface area contributed by atoms with Crippen molar-refractivity contribution in [3.63, 3.8) is 0 Å². The van der Waals surface area contributed by atoms with Crippen LogP contribution in [0.25, 0.3) is 0 Å². The number of benzene rings is 1. The second-order valence-electron chi connectivity index (χ2n) is 5.77. The molecular weight excluding hydrogens is 368 g/mol. The fourth-order valence-corrected chi connectivity index (χ4v) is 2.48. The Morgan fingerprint density at radius 3 is 2.79 bits per heavy atom. The van der Waals surface area contributed by atoms with E-state index in [1.165, 1.54) is 19.5 Å². The Bertz CT molecular complexity index is 937. The van der Waals surface area contributed by atoms with Crippen LogP contribution in [0.4, 0.5) is 26.2 Å². The van der Waals surface area contributed by atoms with Gasteiger partial charge in [0.05, 0.1) is 18.9 Å². The maximum absolute atomic E-state index is 12.6. The van der Waals surface area contributed by atoms with Crippen molar-refractivity contribution in [3.05, 3.63) is 53.9 Å². The van der Waals surface area contributed by atoms with Gasteiger partial charge in [-0.3, -0.25) is 4.68 Å². The summed E-state index contributed by atoms with van der Waals surface area (Å²) in [7, 11) is 1.39. The van der Waals surface area contributed by atoms with Crippen molar-refractivity contribution >= 4 is 23.7 Å². The molecule has 3 rings (SSSR count). The number of alkyl halides is 2. The third kappa shape index (κ3) is 4.78. The fourth-order valence-electron chi connectivity index (χ4n) is 2.48. The van der Waals surface area contributed by atoms with Crippen LogP contribution in [0.5, 0.6) is 5.88 Å². The van der Waals surface area contributed by atoms with Gasteiger partial charge in [-0.1, -0.05) is 30.3 Å². The quantitative estimate of drug-likeness (QED) is 0.484. The van der Waals surface area contributed by atoms with Gasteiger partial charge >= 0.3 is 0 Å². The molecule has 0 bridgehead atoms. The summed E-state index contributed by atoms with van der Waals surface area (Å²) in [6.45, 7) is -0.0245. The lowest BCUT2D eigenvalue weighted by Gasteiger charge is -2.10. The predicted octanol–water partition coefficient (Wildman–Crippen LogP) is 3.55. The van der Waals surface area contributed by atoms with Crippen LogP contribution >= 0.6 is 0 Å². The number of methoxy groups -OCH3 is 1. The fraction of sp³-hybridized carbons (Fsp3) is 0.222. The Kier molecular flexibility index (Phi) is 6.10. The van der Waals surface area contributed by atoms with Gasteiger partial charge in [0.25, 0.3) is 12.3 Å². The van der Waals surface area contributed by atoms with Crippen LogP contribution in [-0.2, 0) is 13.1 Å². The monoisotopic (exact) mass is 389 g/mol. The lowest BCUT2D eigenvalue weighted by atomic mass is 10.2. The zero-order chi connectivity index (χ0) is 19.9. The van der Waals surface area contributed by atoms with Crippen molar-refractivity contribution in [1.29, 1.82) is 5.41 Å². The molecule has 28 heavy (non-hydrogen) atoms. The second kappa shape index (κ2) is 8.89. The van der Waals surface area contributed by atoms with E-state index >= 15 is 0 Å². The largest absolute Gasteiger partial charge is 0.478 e. The third-order valence-corrected chi connectivity index (χ3v) is 3.77. The molecule has 2 heterocycles. The second-order valence-corrected chi connectivity index (χ2v) is 5.77. The molecule has 2 aromatic heterocycles. The molecule has 1 aromatic carbocycles. The van der Waals surface area contributed by atoms with Crippen LogP contribution in [0.15, 0.2) is 42.7 Å². The van der Waals surface area contributed by atoms with Crippen molar-refractivity contribution in [1.82, 2.24) is 19.7 Å². The molecule has 148 valence electrons. The molecule has 0 atom stereocenters. The van der Waals surface area contributed by atoms with Crippen molar-refractivity contribution in [2.24, 2.45) is 0 Å². The molecule has 0 aliphatic rings. The first kappa shape index (κ1) is 19.2. The zero-order valence-electron chi connectivity index (χ0n) is 15.1. The van der Waals surface area contributed by atoms with E-state index in [4.69, 9.17) is 10.1 Å². The smallest absolute Gasteiger partial charge is 0.257 e. The Balaban J connectivity index is 0.00000300. The Hall–Kier alpha value is -3.56. The molecule has 0 aliphatic carbocycles. The highest BCUT2D eigenvalue weighted by atomic mass is 19.3. The van der Waals surface area contributed by atoms with Crippen LogP contribution in [0.2, 0.25) is 0 Å². The van der Waals surface area contributed by atoms with E-state index in [1.807, 2.05) is 30.3 Å². The van der Waals surface area contributed by atoms with Crippen LogP contribution in [0, 0.1) is 5.41 Å². The molecule has 0 radical (unpaired) electrons. The summed E-state index contributed by atoms with van der Waals surface area (Å²) in [5, 5.41) is 17.6. The lowest BCUT2D eigenvalue weighted by Crippen LogP contribution is -2.08. The molecule has 0 fully saturated rings. The van der Waals surface area contributed by atoms with Gasteiger partial charge in [-0.2, -0.15) is 4.98 Å². The van der Waals surface area contributed by atoms with Gasteiger partial charge in [-0.25, -0.2) is 13.8 Å². The average Bonchev–Trinajstić information content (AvgIpc) is 3.07. The first-order chi connectivity index (χ1) is 13.6. The lowest BCUT2D eigenvalue weighted by molar-refractivity contribution is 0.121. The van der Waals surface area contributed by atoms with Gasteiger partial charge in [0.2, 0.25) is 5.95 Å². The number of hydrogen-bond donors (Lipinski definition) is 3. The molecule has 0 amide bonds. The third-order valence-electron chi connectivity index (χ3n) is 3.77. The van der Waals surface area contributed by atoms with E-state index in [0.29, 0.717) is 23.6 Å². The van der Waals surface area contributed by atoms with Crippen LogP contribution in [0.1, 0.15) is 12.6 Å². The van der Waals surface area contributed by atoms with Gasteiger partial charge in [-0.15, -0.1) is 5.10 Å². The van der Waals surface area contributed by atoms with Crippen molar-refractivity contribution in [3.8, 4) is 5.88 Å². The average molecular weight is 389 g/mol. The van der Waals surface area contributed by atoms with E-state index < -0.39 is 13.0 Å². The highest BCUT2D eigenvalue weighted by Gasteiger charge is 2.14. The molecule has 3 N–H and O–H groups in total. The summed E-state index contributed by atoms with van der Waals surface area (Å²) >= 11 is 0. The number of anilines is 3. The highest BCUT2D eigenvalue weighted by molar-refractivity contribution is 5.84. The van der Waals surface area contributed by atoms with Gasteiger partial charge in [0.1, 0.15) is 18.1 Å². The molecule has 0 spiro atoms. The number of ether oxygens (including phenoxy) is 1. The number of rotatable bonds is 9. The minimum Gasteiger partial charge on any atom is -0.478 e. The first-order valence-corrected chi connectivity index (χ1v) is 8.41. The summed E-state index contributed by atoms with van der Waals surface area (Å²) in [5.41, 5.74) is 1.93. The van der Waals surface area contributed by atoms with Crippen molar-refractivity contribution in [2.45, 2.75) is 19.5 Å². The minimum atomic E-state index is -2.53. The molecule has 8 nitrogen and oxygen atoms in total. The van der Waals surface area contributed by atoms with Crippen LogP contribution in [0.3, 0.4) is 0 Å². The maximum Gasteiger partial charge on any atom is 0.257 e. The summed E-state index contributed by atoms with van der Waals surface area (Å²) in [6, 6.07) is 9.75. The van der Waals surface area contributed by atoms with Crippen LogP contribution < -0.4 is 15.4 Å². The Morgan fingerprint density at radius 1 is 1.32 bits per heavy atom. The van der Waals surface area contributed by atoms with E-state index in [0.717, 1.165) is 16.5 Å². The SMILES string of the molecule is COc1nn(CC(F)F)cc1Nc1ncc(C=N)c(NCc2ccccc2)n1.[HH]. The van der Waals surface area contributed by atoms with Gasteiger partial charge in [0.15, 0.2) is 0 Å². The molecular formula is C18H21F2N7O. The van der Waals surface area contributed by atoms with E-state index in [1.54, 1.807) is 0 Å². The number of hydrogen-bond acceptors (Lipinski definition) is 7. The normalized spacial score (nSPS) is 10.7. The summed E-state index contributed by atoms with van der Waals surface area (Å²) in [4.78, 5) is 8.53. The number of nitrogens with zero attached hydrogens (tertiary/aromatic N) is 4. The Labute approximate surface area is 161 Å². The summed E-state index contributed by atoms with van der Waals surface area (Å²) in [5.74, 6) is 0.838. The molecule has 0 aliphatic heterocycles. The number of nitrogens with one attached hydrogen (secondary N) is 3. The van der Waals surface area contributed by atoms with Crippen molar-refractivity contribution in [2.75, 3.05) is 17.7 Å². The minimum absolute atomic E-state index is 0. The summed E-state index contributed by atoms with van der Waals surface area (Å²) < 4.78 is 31.4.